The number of carbonyl (C=O) groups is 4. The molecule has 2 aromatic rings. The summed E-state index contributed by atoms with van der Waals surface area (Å²) in [6.07, 6.45) is 1.37. The van der Waals surface area contributed by atoms with Crippen LogP contribution in [0.2, 0.25) is 0 Å². The lowest BCUT2D eigenvalue weighted by Gasteiger charge is -2.34. The van der Waals surface area contributed by atoms with E-state index in [-0.39, 0.29) is 18.4 Å². The summed E-state index contributed by atoms with van der Waals surface area (Å²) < 4.78 is 6.25. The van der Waals surface area contributed by atoms with E-state index in [1.807, 2.05) is 26.0 Å². The van der Waals surface area contributed by atoms with Crippen molar-refractivity contribution >= 4 is 29.7 Å². The van der Waals surface area contributed by atoms with Gasteiger partial charge in [-0.1, -0.05) is 56.3 Å². The summed E-state index contributed by atoms with van der Waals surface area (Å²) in [6, 6.07) is 11.8. The normalized spacial score (nSPS) is 22.6. The second-order valence-corrected chi connectivity index (χ2v) is 11.5. The minimum absolute atomic E-state index is 0.196. The van der Waals surface area contributed by atoms with Gasteiger partial charge in [-0.2, -0.15) is 0 Å². The molecule has 0 aromatic heterocycles. The van der Waals surface area contributed by atoms with E-state index in [0.29, 0.717) is 17.7 Å². The molecule has 0 radical (unpaired) electrons. The third-order valence-corrected chi connectivity index (χ3v) is 7.98. The Morgan fingerprint density at radius 3 is 2.33 bits per heavy atom. The predicted molar refractivity (Wildman–Crippen MR) is 161 cm³/mol. The highest BCUT2D eigenvalue weighted by Crippen LogP contribution is 2.27. The number of benzene rings is 2. The molecule has 3 heterocycles. The van der Waals surface area contributed by atoms with Crippen molar-refractivity contribution in [2.45, 2.75) is 63.6 Å². The van der Waals surface area contributed by atoms with Crippen LogP contribution in [0.4, 0.5) is 0 Å². The highest BCUT2D eigenvalue weighted by Gasteiger charge is 2.47. The van der Waals surface area contributed by atoms with Crippen LogP contribution >= 0.6 is 0 Å². The number of aliphatic hydroxyl groups excluding tert-OH is 1. The van der Waals surface area contributed by atoms with Crippen LogP contribution in [-0.4, -0.2) is 89.4 Å². The number of rotatable bonds is 7. The van der Waals surface area contributed by atoms with E-state index in [9.17, 15) is 24.3 Å². The Hall–Kier alpha value is -4.22. The number of carbonyl (C=O) groups excluding carboxylic acids is 4. The van der Waals surface area contributed by atoms with Gasteiger partial charge in [0.05, 0.1) is 6.04 Å². The van der Waals surface area contributed by atoms with E-state index in [0.717, 1.165) is 5.56 Å². The first kappa shape index (κ1) is 31.7. The Morgan fingerprint density at radius 1 is 1.02 bits per heavy atom. The van der Waals surface area contributed by atoms with Crippen LogP contribution in [0.3, 0.4) is 0 Å². The minimum Gasteiger partial charge on any atom is -0.488 e. The molecule has 230 valence electrons. The largest absolute Gasteiger partial charge is 0.488 e. The van der Waals surface area contributed by atoms with Crippen molar-refractivity contribution in [2.24, 2.45) is 5.92 Å². The molecule has 5 rings (SSSR count). The van der Waals surface area contributed by atoms with E-state index >= 15 is 0 Å². The van der Waals surface area contributed by atoms with Crippen molar-refractivity contribution in [2.75, 3.05) is 20.6 Å². The van der Waals surface area contributed by atoms with Crippen molar-refractivity contribution in [1.29, 1.82) is 0 Å². The number of likely N-dealkylation sites (tertiary alicyclic amines) is 1. The number of nitrogens with zero attached hydrogens (tertiary/aromatic N) is 2. The van der Waals surface area contributed by atoms with Gasteiger partial charge in [-0.05, 0) is 56.3 Å². The number of nitrogens with one attached hydrogen (secondary N) is 3. The molecule has 0 saturated carbocycles. The fourth-order valence-corrected chi connectivity index (χ4v) is 5.16. The predicted octanol–water partition coefficient (Wildman–Crippen LogP) is 1.44. The molecule has 4 amide bonds. The summed E-state index contributed by atoms with van der Waals surface area (Å²) in [5.74, 6) is -1.78. The lowest BCUT2D eigenvalue weighted by molar-refractivity contribution is -0.145. The quantitative estimate of drug-likeness (QED) is 0.382. The second kappa shape index (κ2) is 13.8. The smallest absolute Gasteiger partial charge is 0.249 e. The zero-order chi connectivity index (χ0) is 31.3. The monoisotopic (exact) mass is 591 g/mol. The van der Waals surface area contributed by atoms with Crippen molar-refractivity contribution in [3.63, 3.8) is 0 Å². The van der Waals surface area contributed by atoms with E-state index < -0.39 is 54.1 Å². The molecule has 11 nitrogen and oxygen atoms in total. The first-order valence-electron chi connectivity index (χ1n) is 14.5. The summed E-state index contributed by atoms with van der Waals surface area (Å²) in [5.41, 5.74) is 1.24. The van der Waals surface area contributed by atoms with Crippen molar-refractivity contribution in [3.8, 4) is 5.75 Å². The van der Waals surface area contributed by atoms with Gasteiger partial charge in [-0.3, -0.25) is 24.1 Å². The molecule has 3 aliphatic heterocycles. The molecule has 2 bridgehead atoms. The maximum absolute atomic E-state index is 14.1. The van der Waals surface area contributed by atoms with E-state index in [1.165, 1.54) is 11.1 Å². The number of amides is 4. The molecule has 2 aromatic carbocycles. The van der Waals surface area contributed by atoms with Crippen molar-refractivity contribution in [3.05, 3.63) is 71.9 Å². The van der Waals surface area contributed by atoms with E-state index in [2.05, 4.69) is 16.0 Å². The lowest BCUT2D eigenvalue weighted by Crippen LogP contribution is -2.61. The summed E-state index contributed by atoms with van der Waals surface area (Å²) in [4.78, 5) is 57.5. The van der Waals surface area contributed by atoms with Crippen LogP contribution in [0.25, 0.3) is 6.08 Å². The molecule has 3 aliphatic rings. The van der Waals surface area contributed by atoms with Gasteiger partial charge in [0.25, 0.3) is 0 Å². The Balaban J connectivity index is 1.69. The van der Waals surface area contributed by atoms with Gasteiger partial charge in [0.15, 0.2) is 0 Å². The van der Waals surface area contributed by atoms with Crippen LogP contribution < -0.4 is 20.7 Å². The van der Waals surface area contributed by atoms with Crippen LogP contribution in [-0.2, 0) is 19.2 Å². The van der Waals surface area contributed by atoms with Crippen LogP contribution in [0, 0.1) is 5.92 Å². The van der Waals surface area contributed by atoms with Crippen LogP contribution in [0.15, 0.2) is 60.8 Å². The number of likely N-dealkylation sites (N-methyl/N-ethyl adjacent to an activating group) is 1. The number of ether oxygens (including phenoxy) is 1. The first-order valence-corrected chi connectivity index (χ1v) is 14.5. The number of fused-ring (bicyclic) bond motifs is 7. The average Bonchev–Trinajstić information content (AvgIpc) is 3.41. The van der Waals surface area contributed by atoms with Crippen LogP contribution in [0.5, 0.6) is 5.75 Å². The Kier molecular flexibility index (Phi) is 10.2. The third kappa shape index (κ3) is 7.41. The molecule has 1 fully saturated rings. The summed E-state index contributed by atoms with van der Waals surface area (Å²) in [7, 11) is 3.55. The molecular weight excluding hydrogens is 550 g/mol. The summed E-state index contributed by atoms with van der Waals surface area (Å²) in [6.45, 7) is 5.59. The average molecular weight is 592 g/mol. The minimum atomic E-state index is -1.37. The van der Waals surface area contributed by atoms with Gasteiger partial charge < -0.3 is 30.7 Å². The van der Waals surface area contributed by atoms with Gasteiger partial charge >= 0.3 is 0 Å². The first-order chi connectivity index (χ1) is 20.5. The molecule has 6 atom stereocenters. The van der Waals surface area contributed by atoms with Gasteiger partial charge in [0.1, 0.15) is 36.1 Å². The van der Waals surface area contributed by atoms with Gasteiger partial charge in [0.2, 0.25) is 23.6 Å². The Morgan fingerprint density at radius 2 is 1.70 bits per heavy atom. The molecule has 43 heavy (non-hydrogen) atoms. The lowest BCUT2D eigenvalue weighted by atomic mass is 9.99. The number of aliphatic hydroxyl groups is 1. The van der Waals surface area contributed by atoms with Gasteiger partial charge in [0, 0.05) is 19.2 Å². The highest BCUT2D eigenvalue weighted by molar-refractivity contribution is 5.96. The fourth-order valence-electron chi connectivity index (χ4n) is 5.16. The van der Waals surface area contributed by atoms with E-state index in [4.69, 9.17) is 4.74 Å². The zero-order valence-electron chi connectivity index (χ0n) is 25.2. The molecule has 0 unspecified atom stereocenters. The molecule has 11 heteroatoms. The Labute approximate surface area is 252 Å². The zero-order valence-corrected chi connectivity index (χ0v) is 25.2. The standard InChI is InChI=1S/C32H41N5O6/c1-19(2)25(34-29(39)20(3)36(4)5)32(42)37-18-16-24-27(37)31(41)35-26(28(38)22-9-7-6-8-10-22)30(40)33-17-15-21-11-13-23(43-24)14-12-21/h6-15,17,19-20,24-28,38H,16,18H2,1-5H3,(H,33,40)(H,34,39)(H,35,41)/t20-,24-,25+,26+,27-,28+/m0/s1. The summed E-state index contributed by atoms with van der Waals surface area (Å²) >= 11 is 0. The number of hydrogen-bond acceptors (Lipinski definition) is 7. The topological polar surface area (TPSA) is 140 Å². The Bertz CT molecular complexity index is 1330. The molecule has 4 N–H and O–H groups in total. The highest BCUT2D eigenvalue weighted by atomic mass is 16.5. The van der Waals surface area contributed by atoms with Gasteiger partial charge in [-0.25, -0.2) is 0 Å². The van der Waals surface area contributed by atoms with Gasteiger partial charge in [-0.15, -0.1) is 0 Å². The van der Waals surface area contributed by atoms with Crippen LogP contribution in [0.1, 0.15) is 44.4 Å². The fraction of sp³-hybridized carbons (Fsp3) is 0.438. The molecule has 1 saturated heterocycles. The molecule has 0 spiro atoms. The molecule has 0 aliphatic carbocycles. The third-order valence-electron chi connectivity index (χ3n) is 7.98. The van der Waals surface area contributed by atoms with Crippen molar-refractivity contribution < 1.29 is 29.0 Å². The van der Waals surface area contributed by atoms with Crippen molar-refractivity contribution in [1.82, 2.24) is 25.8 Å². The molecular formula is C32H41N5O6. The maximum atomic E-state index is 14.1. The van der Waals surface area contributed by atoms with E-state index in [1.54, 1.807) is 74.5 Å². The SMILES string of the molecule is CC(C)[C@@H](NC(=O)[C@H](C)N(C)C)C(=O)N1CC[C@@H]2Oc3ccc(cc3)C=CNC(=O)[C@@H]([C@H](O)c3ccccc3)NC(=O)[C@H]21. The maximum Gasteiger partial charge on any atom is 0.249 e. The second-order valence-electron chi connectivity index (χ2n) is 11.5. The summed E-state index contributed by atoms with van der Waals surface area (Å²) in [5, 5.41) is 19.4. The number of hydrogen-bond donors (Lipinski definition) is 4.